The van der Waals surface area contributed by atoms with Crippen LogP contribution in [0.3, 0.4) is 0 Å². The first-order valence-corrected chi connectivity index (χ1v) is 6.87. The van der Waals surface area contributed by atoms with E-state index in [1.807, 2.05) is 0 Å². The highest BCUT2D eigenvalue weighted by molar-refractivity contribution is 5.80. The van der Waals surface area contributed by atoms with Gasteiger partial charge in [0.1, 0.15) is 5.54 Å². The lowest BCUT2D eigenvalue weighted by Gasteiger charge is -2.26. The number of likely N-dealkylation sites (N-methyl/N-ethyl adjacent to an activating group) is 1. The Balaban J connectivity index is 2.51. The number of para-hydroxylation sites is 1. The van der Waals surface area contributed by atoms with Crippen LogP contribution in [0.1, 0.15) is 26.7 Å². The van der Waals surface area contributed by atoms with Crippen LogP contribution in [-0.4, -0.2) is 31.8 Å². The fourth-order valence-electron chi connectivity index (χ4n) is 1.84. The van der Waals surface area contributed by atoms with Crippen LogP contribution in [0.2, 0.25) is 0 Å². The number of carbonyl (C=O) groups excluding carboxylic acids is 1. The zero-order valence-corrected chi connectivity index (χ0v) is 12.5. The number of hydrogen-bond donors (Lipinski definition) is 1. The molecule has 1 unspecified atom stereocenters. The van der Waals surface area contributed by atoms with Crippen molar-refractivity contribution >= 4 is 5.97 Å². The topological polar surface area (TPSA) is 47.6 Å². The molecule has 0 radical (unpaired) electrons. The maximum absolute atomic E-state index is 13.4. The van der Waals surface area contributed by atoms with E-state index in [1.165, 1.54) is 6.07 Å². The van der Waals surface area contributed by atoms with Crippen molar-refractivity contribution in [3.05, 3.63) is 29.8 Å². The molecule has 0 aliphatic rings. The summed E-state index contributed by atoms with van der Waals surface area (Å²) in [5, 5.41) is 2.91. The van der Waals surface area contributed by atoms with Crippen LogP contribution in [0, 0.1) is 11.6 Å². The second kappa shape index (κ2) is 7.93. The van der Waals surface area contributed by atoms with Crippen LogP contribution in [0.4, 0.5) is 8.78 Å². The quantitative estimate of drug-likeness (QED) is 0.592. The molecule has 1 atom stereocenters. The van der Waals surface area contributed by atoms with Gasteiger partial charge in [-0.15, -0.1) is 0 Å². The number of hydrogen-bond acceptors (Lipinski definition) is 4. The molecule has 0 amide bonds. The van der Waals surface area contributed by atoms with Gasteiger partial charge < -0.3 is 14.8 Å². The van der Waals surface area contributed by atoms with Gasteiger partial charge in [-0.3, -0.25) is 4.79 Å². The van der Waals surface area contributed by atoms with E-state index in [0.717, 1.165) is 12.1 Å². The molecule has 0 saturated heterocycles. The molecule has 6 heteroatoms. The van der Waals surface area contributed by atoms with E-state index in [9.17, 15) is 13.6 Å². The normalized spacial score (nSPS) is 13.6. The Morgan fingerprint density at radius 2 is 1.95 bits per heavy atom. The lowest BCUT2D eigenvalue weighted by Crippen LogP contribution is -2.48. The fraction of sp³-hybridized carbons (Fsp3) is 0.533. The van der Waals surface area contributed by atoms with Gasteiger partial charge in [0.2, 0.25) is 0 Å². The van der Waals surface area contributed by atoms with Gasteiger partial charge in [-0.2, -0.15) is 0 Å². The second-order valence-corrected chi connectivity index (χ2v) is 4.81. The highest BCUT2D eigenvalue weighted by atomic mass is 19.1. The van der Waals surface area contributed by atoms with Crippen LogP contribution >= 0.6 is 0 Å². The van der Waals surface area contributed by atoms with Gasteiger partial charge in [-0.05, 0) is 45.9 Å². The Hall–Kier alpha value is -1.69. The molecule has 0 bridgehead atoms. The van der Waals surface area contributed by atoms with Crippen molar-refractivity contribution in [2.45, 2.75) is 32.2 Å². The molecule has 0 aliphatic carbocycles. The molecule has 0 fully saturated rings. The minimum Gasteiger partial charge on any atom is -0.488 e. The monoisotopic (exact) mass is 301 g/mol. The third-order valence-electron chi connectivity index (χ3n) is 3.26. The Morgan fingerprint density at radius 1 is 1.33 bits per heavy atom. The first-order chi connectivity index (χ1) is 9.94. The predicted octanol–water partition coefficient (Wildman–Crippen LogP) is 2.67. The maximum atomic E-state index is 13.4. The molecule has 1 aromatic rings. The molecule has 1 aromatic carbocycles. The Kier molecular flexibility index (Phi) is 6.55. The minimum atomic E-state index is -0.840. The molecule has 1 rings (SSSR count). The first-order valence-electron chi connectivity index (χ1n) is 6.87. The van der Waals surface area contributed by atoms with Crippen molar-refractivity contribution in [2.24, 2.45) is 0 Å². The lowest BCUT2D eigenvalue weighted by atomic mass is 9.96. The maximum Gasteiger partial charge on any atom is 0.326 e. The van der Waals surface area contributed by atoms with Crippen LogP contribution < -0.4 is 10.1 Å². The van der Waals surface area contributed by atoms with Crippen LogP contribution in [0.25, 0.3) is 0 Å². The molecule has 0 aliphatic heterocycles. The van der Waals surface area contributed by atoms with Gasteiger partial charge in [0.05, 0.1) is 13.2 Å². The van der Waals surface area contributed by atoms with Crippen molar-refractivity contribution in [3.63, 3.8) is 0 Å². The van der Waals surface area contributed by atoms with Crippen molar-refractivity contribution in [1.29, 1.82) is 0 Å². The van der Waals surface area contributed by atoms with Gasteiger partial charge >= 0.3 is 5.97 Å². The largest absolute Gasteiger partial charge is 0.488 e. The average molecular weight is 301 g/mol. The van der Waals surface area contributed by atoms with Crippen LogP contribution in [0.5, 0.6) is 5.75 Å². The van der Waals surface area contributed by atoms with E-state index in [1.54, 1.807) is 20.9 Å². The summed E-state index contributed by atoms with van der Waals surface area (Å²) < 4.78 is 36.8. The van der Waals surface area contributed by atoms with Crippen LogP contribution in [0.15, 0.2) is 18.2 Å². The van der Waals surface area contributed by atoms with E-state index < -0.39 is 17.2 Å². The molecule has 0 spiro atoms. The van der Waals surface area contributed by atoms with Gasteiger partial charge in [0.15, 0.2) is 17.4 Å². The second-order valence-electron chi connectivity index (χ2n) is 4.81. The van der Waals surface area contributed by atoms with Crippen molar-refractivity contribution < 1.29 is 23.0 Å². The van der Waals surface area contributed by atoms with Gasteiger partial charge in [0, 0.05) is 0 Å². The van der Waals surface area contributed by atoms with Crippen molar-refractivity contribution in [1.82, 2.24) is 5.32 Å². The summed E-state index contributed by atoms with van der Waals surface area (Å²) in [5.74, 6) is -2.22. The molecular weight excluding hydrogens is 280 g/mol. The van der Waals surface area contributed by atoms with Gasteiger partial charge in [-0.1, -0.05) is 6.07 Å². The highest BCUT2D eigenvalue weighted by Gasteiger charge is 2.32. The molecule has 21 heavy (non-hydrogen) atoms. The van der Waals surface area contributed by atoms with Crippen molar-refractivity contribution in [2.75, 3.05) is 20.3 Å². The van der Waals surface area contributed by atoms with E-state index in [-0.39, 0.29) is 18.3 Å². The molecule has 118 valence electrons. The third kappa shape index (κ3) is 4.67. The predicted molar refractivity (Wildman–Crippen MR) is 75.2 cm³/mol. The summed E-state index contributed by atoms with van der Waals surface area (Å²) in [6.45, 7) is 3.86. The number of rotatable bonds is 8. The highest BCUT2D eigenvalue weighted by Crippen LogP contribution is 2.22. The lowest BCUT2D eigenvalue weighted by molar-refractivity contribution is -0.150. The SMILES string of the molecule is CCOC(=O)C(C)(CCCOc1c(F)cccc1F)NC. The fourth-order valence-corrected chi connectivity index (χ4v) is 1.84. The Labute approximate surface area is 123 Å². The standard InChI is InChI=1S/C15H21F2NO3/c1-4-20-14(19)15(2,18-3)9-6-10-21-13-11(16)7-5-8-12(13)17/h5,7-8,18H,4,6,9-10H2,1-3H3. The number of halogens is 2. The number of ether oxygens (including phenoxy) is 2. The van der Waals surface area contributed by atoms with E-state index in [2.05, 4.69) is 5.32 Å². The zero-order valence-electron chi connectivity index (χ0n) is 12.5. The summed E-state index contributed by atoms with van der Waals surface area (Å²) in [4.78, 5) is 11.8. The first kappa shape index (κ1) is 17.4. The Bertz CT molecular complexity index is 462. The molecule has 1 N–H and O–H groups in total. The van der Waals surface area contributed by atoms with Gasteiger partial charge in [-0.25, -0.2) is 8.78 Å². The summed E-state index contributed by atoms with van der Waals surface area (Å²) in [6.07, 6.45) is 0.877. The zero-order chi connectivity index (χ0) is 15.9. The Morgan fingerprint density at radius 3 is 2.48 bits per heavy atom. The number of benzene rings is 1. The number of nitrogens with one attached hydrogen (secondary N) is 1. The number of esters is 1. The summed E-state index contributed by atoms with van der Waals surface area (Å²) in [6, 6.07) is 3.54. The smallest absolute Gasteiger partial charge is 0.326 e. The summed E-state index contributed by atoms with van der Waals surface area (Å²) in [5.41, 5.74) is -0.840. The molecule has 0 saturated carbocycles. The third-order valence-corrected chi connectivity index (χ3v) is 3.26. The molecule has 4 nitrogen and oxygen atoms in total. The van der Waals surface area contributed by atoms with E-state index in [0.29, 0.717) is 19.4 Å². The van der Waals surface area contributed by atoms with Crippen molar-refractivity contribution in [3.8, 4) is 5.75 Å². The minimum absolute atomic E-state index is 0.106. The van der Waals surface area contributed by atoms with E-state index in [4.69, 9.17) is 9.47 Å². The summed E-state index contributed by atoms with van der Waals surface area (Å²) in [7, 11) is 1.66. The van der Waals surface area contributed by atoms with Gasteiger partial charge in [0.25, 0.3) is 0 Å². The molecule has 0 aromatic heterocycles. The number of carbonyl (C=O) groups is 1. The average Bonchev–Trinajstić information content (AvgIpc) is 2.46. The van der Waals surface area contributed by atoms with Crippen LogP contribution in [-0.2, 0) is 9.53 Å². The molecule has 0 heterocycles. The molecular formula is C15H21F2NO3. The summed E-state index contributed by atoms with van der Waals surface area (Å²) >= 11 is 0. The van der Waals surface area contributed by atoms with E-state index >= 15 is 0 Å².